The second-order valence-corrected chi connectivity index (χ2v) is 7.40. The third-order valence-corrected chi connectivity index (χ3v) is 4.69. The number of hydrogen-bond donors (Lipinski definition) is 1. The van der Waals surface area contributed by atoms with Gasteiger partial charge in [0.2, 0.25) is 0 Å². The van der Waals surface area contributed by atoms with Crippen LogP contribution in [0.15, 0.2) is 24.3 Å². The quantitative estimate of drug-likeness (QED) is 0.143. The molecule has 0 aromatic rings. The summed E-state index contributed by atoms with van der Waals surface area (Å²) in [6.45, 7) is 3.55. The van der Waals surface area contributed by atoms with Crippen molar-refractivity contribution in [3.8, 4) is 0 Å². The highest BCUT2D eigenvalue weighted by Crippen LogP contribution is 2.09. The van der Waals surface area contributed by atoms with Crippen molar-refractivity contribution in [3.05, 3.63) is 24.3 Å². The van der Waals surface area contributed by atoms with Crippen molar-refractivity contribution < 1.29 is 9.53 Å². The highest BCUT2D eigenvalue weighted by molar-refractivity contribution is 5.69. The Labute approximate surface area is 168 Å². The summed E-state index contributed by atoms with van der Waals surface area (Å²) in [4.78, 5) is 11.5. The molecule has 0 saturated heterocycles. The van der Waals surface area contributed by atoms with Gasteiger partial charge in [-0.3, -0.25) is 4.79 Å². The second-order valence-electron chi connectivity index (χ2n) is 7.40. The van der Waals surface area contributed by atoms with Gasteiger partial charge in [-0.05, 0) is 57.9 Å². The predicted octanol–water partition coefficient (Wildman–Crippen LogP) is 6.86. The number of unbranched alkanes of at least 4 members (excludes halogenated alkanes) is 11. The summed E-state index contributed by atoms with van der Waals surface area (Å²) in [6, 6.07) is 0. The van der Waals surface area contributed by atoms with E-state index in [-0.39, 0.29) is 5.97 Å². The van der Waals surface area contributed by atoms with Crippen molar-refractivity contribution in [2.75, 3.05) is 13.2 Å². The van der Waals surface area contributed by atoms with Crippen LogP contribution in [-0.4, -0.2) is 19.1 Å². The summed E-state index contributed by atoms with van der Waals surface area (Å²) in [5.41, 5.74) is 5.43. The smallest absolute Gasteiger partial charge is 0.305 e. The van der Waals surface area contributed by atoms with E-state index in [0.29, 0.717) is 19.6 Å². The molecule has 0 unspecified atom stereocenters. The molecule has 3 nitrogen and oxygen atoms in total. The average molecular weight is 380 g/mol. The number of allylic oxidation sites excluding steroid dienone is 4. The molecule has 158 valence electrons. The fraction of sp³-hybridized carbons (Fsp3) is 0.792. The maximum absolute atomic E-state index is 11.5. The lowest BCUT2D eigenvalue weighted by Gasteiger charge is -2.05. The standard InChI is InChI=1S/C24H45NO2/c1-2-3-4-5-6-7-8-9-10-11-12-13-14-15-16-20-23-27-24(26)21-18-17-19-22-25/h6-7,9-10H,2-5,8,11-23,25H2,1H3/b7-6-,10-9?. The van der Waals surface area contributed by atoms with Gasteiger partial charge >= 0.3 is 5.97 Å². The van der Waals surface area contributed by atoms with Crippen molar-refractivity contribution in [1.82, 2.24) is 0 Å². The van der Waals surface area contributed by atoms with E-state index in [0.717, 1.165) is 32.1 Å². The summed E-state index contributed by atoms with van der Waals surface area (Å²) in [5, 5.41) is 0. The first-order valence-electron chi connectivity index (χ1n) is 11.5. The normalized spacial score (nSPS) is 11.6. The zero-order chi connectivity index (χ0) is 19.8. The first-order valence-corrected chi connectivity index (χ1v) is 11.5. The molecule has 3 heteroatoms. The molecule has 27 heavy (non-hydrogen) atoms. The van der Waals surface area contributed by atoms with Crippen molar-refractivity contribution in [1.29, 1.82) is 0 Å². The first-order chi connectivity index (χ1) is 13.3. The Hall–Kier alpha value is -1.09. The van der Waals surface area contributed by atoms with Crippen molar-refractivity contribution in [2.24, 2.45) is 5.73 Å². The van der Waals surface area contributed by atoms with Crippen LogP contribution in [0.4, 0.5) is 0 Å². The number of nitrogens with two attached hydrogens (primary N) is 1. The Morgan fingerprint density at radius 3 is 2.00 bits per heavy atom. The Morgan fingerprint density at radius 1 is 0.741 bits per heavy atom. The molecule has 0 heterocycles. The Morgan fingerprint density at radius 2 is 1.33 bits per heavy atom. The monoisotopic (exact) mass is 379 g/mol. The lowest BCUT2D eigenvalue weighted by Crippen LogP contribution is -2.06. The highest BCUT2D eigenvalue weighted by Gasteiger charge is 2.01. The number of ether oxygens (including phenoxy) is 1. The lowest BCUT2D eigenvalue weighted by molar-refractivity contribution is -0.143. The van der Waals surface area contributed by atoms with Gasteiger partial charge in [-0.1, -0.05) is 76.2 Å². The minimum atomic E-state index is -0.0467. The lowest BCUT2D eigenvalue weighted by atomic mass is 10.1. The first kappa shape index (κ1) is 25.9. The van der Waals surface area contributed by atoms with Crippen LogP contribution in [0.25, 0.3) is 0 Å². The summed E-state index contributed by atoms with van der Waals surface area (Å²) in [7, 11) is 0. The van der Waals surface area contributed by atoms with Gasteiger partial charge < -0.3 is 10.5 Å². The average Bonchev–Trinajstić information content (AvgIpc) is 2.67. The van der Waals surface area contributed by atoms with E-state index >= 15 is 0 Å². The van der Waals surface area contributed by atoms with Crippen LogP contribution in [0.5, 0.6) is 0 Å². The van der Waals surface area contributed by atoms with Gasteiger partial charge in [0.1, 0.15) is 0 Å². The van der Waals surface area contributed by atoms with E-state index < -0.39 is 0 Å². The van der Waals surface area contributed by atoms with Gasteiger partial charge in [0.05, 0.1) is 6.61 Å². The van der Waals surface area contributed by atoms with E-state index in [1.165, 1.54) is 64.2 Å². The summed E-state index contributed by atoms with van der Waals surface area (Å²) >= 11 is 0. The van der Waals surface area contributed by atoms with Crippen LogP contribution in [-0.2, 0) is 9.53 Å². The molecular formula is C24H45NO2. The maximum Gasteiger partial charge on any atom is 0.305 e. The Bertz CT molecular complexity index is 363. The summed E-state index contributed by atoms with van der Waals surface area (Å²) in [5.74, 6) is -0.0467. The van der Waals surface area contributed by atoms with Crippen LogP contribution >= 0.6 is 0 Å². The van der Waals surface area contributed by atoms with E-state index in [1.54, 1.807) is 0 Å². The second kappa shape index (κ2) is 23.0. The molecule has 0 atom stereocenters. The molecule has 0 radical (unpaired) electrons. The number of rotatable bonds is 20. The molecule has 2 N–H and O–H groups in total. The van der Waals surface area contributed by atoms with Crippen LogP contribution < -0.4 is 5.73 Å². The number of hydrogen-bond acceptors (Lipinski definition) is 3. The molecule has 0 aliphatic carbocycles. The Kier molecular flexibility index (Phi) is 22.0. The number of carbonyl (C=O) groups excluding carboxylic acids is 1. The largest absolute Gasteiger partial charge is 0.466 e. The molecule has 0 aliphatic rings. The fourth-order valence-electron chi connectivity index (χ4n) is 2.94. The molecule has 0 aromatic carbocycles. The minimum Gasteiger partial charge on any atom is -0.466 e. The van der Waals surface area contributed by atoms with Gasteiger partial charge in [-0.25, -0.2) is 0 Å². The van der Waals surface area contributed by atoms with Crippen molar-refractivity contribution in [2.45, 2.75) is 110 Å². The van der Waals surface area contributed by atoms with Crippen molar-refractivity contribution >= 4 is 5.97 Å². The van der Waals surface area contributed by atoms with Gasteiger partial charge in [0, 0.05) is 6.42 Å². The van der Waals surface area contributed by atoms with Gasteiger partial charge in [-0.2, -0.15) is 0 Å². The van der Waals surface area contributed by atoms with Crippen LogP contribution in [0.1, 0.15) is 110 Å². The van der Waals surface area contributed by atoms with E-state index in [2.05, 4.69) is 31.2 Å². The van der Waals surface area contributed by atoms with Crippen molar-refractivity contribution in [3.63, 3.8) is 0 Å². The molecule has 0 aliphatic heterocycles. The maximum atomic E-state index is 11.5. The van der Waals surface area contributed by atoms with E-state index in [9.17, 15) is 4.79 Å². The van der Waals surface area contributed by atoms with Gasteiger partial charge in [0.15, 0.2) is 0 Å². The summed E-state index contributed by atoms with van der Waals surface area (Å²) < 4.78 is 5.26. The molecule has 0 aromatic heterocycles. The molecular weight excluding hydrogens is 334 g/mol. The molecule has 0 saturated carbocycles. The third kappa shape index (κ3) is 22.9. The topological polar surface area (TPSA) is 52.3 Å². The minimum absolute atomic E-state index is 0.0467. The summed E-state index contributed by atoms with van der Waals surface area (Å²) in [6.07, 6.45) is 27.5. The van der Waals surface area contributed by atoms with E-state index in [1.807, 2.05) is 0 Å². The molecule has 0 rings (SSSR count). The fourth-order valence-corrected chi connectivity index (χ4v) is 2.94. The third-order valence-electron chi connectivity index (χ3n) is 4.69. The molecule has 0 spiro atoms. The number of carbonyl (C=O) groups is 1. The van der Waals surface area contributed by atoms with Gasteiger partial charge in [0.25, 0.3) is 0 Å². The van der Waals surface area contributed by atoms with Crippen LogP contribution in [0.2, 0.25) is 0 Å². The number of esters is 1. The van der Waals surface area contributed by atoms with E-state index in [4.69, 9.17) is 10.5 Å². The predicted molar refractivity (Wildman–Crippen MR) is 118 cm³/mol. The van der Waals surface area contributed by atoms with Gasteiger partial charge in [-0.15, -0.1) is 0 Å². The van der Waals surface area contributed by atoms with Crippen LogP contribution in [0, 0.1) is 0 Å². The zero-order valence-electron chi connectivity index (χ0n) is 17.9. The highest BCUT2D eigenvalue weighted by atomic mass is 16.5. The molecule has 0 bridgehead atoms. The molecule has 0 fully saturated rings. The molecule has 0 amide bonds. The SMILES string of the molecule is CCCCC/C=C\CC=CCCCCCCCCOC(=O)CCCCCN. The van der Waals surface area contributed by atoms with Crippen LogP contribution in [0.3, 0.4) is 0 Å². The Balaban J connectivity index is 3.22. The zero-order valence-corrected chi connectivity index (χ0v) is 17.9.